The van der Waals surface area contributed by atoms with Crippen LogP contribution in [0, 0.1) is 0 Å². The highest BCUT2D eigenvalue weighted by atomic mass is 32.1. The average Bonchev–Trinajstić information content (AvgIpc) is 3.57. The quantitative estimate of drug-likeness (QED) is 0.175. The van der Waals surface area contributed by atoms with Crippen LogP contribution in [-0.4, -0.2) is 32.6 Å². The zero-order valence-electron chi connectivity index (χ0n) is 21.1. The number of carboxylic acid groups (broad SMARTS) is 1. The molecule has 2 N–H and O–H groups in total. The standard InChI is InChI=1S/C30H23N3O5S2/c34-26-23(17-19-7-6-16-32(19)28-25(29(36)37)22-10-4-5-11-24(22)40-28)27(35)33(30(39)31-26)18-12-14-21(15-13-18)38-20-8-2-1-3-9-20/h1-3,6-9,12-17H,4-5,10-11H2,(H,36,37)(H,31,34,39)/b23-17-. The van der Waals surface area contributed by atoms with Crippen molar-refractivity contribution < 1.29 is 24.2 Å². The van der Waals surface area contributed by atoms with Crippen LogP contribution in [0.1, 0.15) is 39.3 Å². The van der Waals surface area contributed by atoms with E-state index in [4.69, 9.17) is 17.0 Å². The van der Waals surface area contributed by atoms with Crippen molar-refractivity contribution in [2.75, 3.05) is 4.90 Å². The number of rotatable bonds is 6. The second kappa shape index (κ2) is 10.6. The maximum absolute atomic E-state index is 13.6. The number of hydrogen-bond donors (Lipinski definition) is 2. The fourth-order valence-corrected chi connectivity index (χ4v) is 6.63. The van der Waals surface area contributed by atoms with Crippen LogP contribution in [0.4, 0.5) is 5.69 Å². The van der Waals surface area contributed by atoms with Crippen LogP contribution in [0.2, 0.25) is 0 Å². The highest BCUT2D eigenvalue weighted by Crippen LogP contribution is 2.38. The summed E-state index contributed by atoms with van der Waals surface area (Å²) in [5, 5.41) is 13.2. The number of hydrogen-bond acceptors (Lipinski definition) is 6. The van der Waals surface area contributed by atoms with Gasteiger partial charge in [0.15, 0.2) is 5.11 Å². The van der Waals surface area contributed by atoms with Gasteiger partial charge < -0.3 is 14.4 Å². The predicted molar refractivity (Wildman–Crippen MR) is 156 cm³/mol. The van der Waals surface area contributed by atoms with Crippen LogP contribution in [0.25, 0.3) is 11.1 Å². The minimum absolute atomic E-state index is 0.0293. The number of fused-ring (bicyclic) bond motifs is 1. The molecule has 40 heavy (non-hydrogen) atoms. The molecule has 200 valence electrons. The topological polar surface area (TPSA) is 101 Å². The van der Waals surface area contributed by atoms with E-state index in [-0.39, 0.29) is 16.2 Å². The number of ether oxygens (including phenoxy) is 1. The molecule has 4 aromatic rings. The second-order valence-corrected chi connectivity index (χ2v) is 10.8. The third-order valence-electron chi connectivity index (χ3n) is 6.83. The summed E-state index contributed by atoms with van der Waals surface area (Å²) in [6.45, 7) is 0. The molecule has 2 amide bonds. The van der Waals surface area contributed by atoms with Gasteiger partial charge in [0.05, 0.1) is 11.3 Å². The maximum atomic E-state index is 13.6. The minimum atomic E-state index is -0.982. The number of thiocarbonyl (C=S) groups is 1. The second-order valence-electron chi connectivity index (χ2n) is 9.37. The molecular weight excluding hydrogens is 546 g/mol. The van der Waals surface area contributed by atoms with Crippen molar-refractivity contribution in [3.63, 3.8) is 0 Å². The van der Waals surface area contributed by atoms with Gasteiger partial charge in [0, 0.05) is 16.8 Å². The molecule has 0 atom stereocenters. The molecule has 8 nitrogen and oxygen atoms in total. The number of carbonyl (C=O) groups excluding carboxylic acids is 2. The van der Waals surface area contributed by atoms with Gasteiger partial charge in [-0.2, -0.15) is 0 Å². The molecule has 0 radical (unpaired) electrons. The Morgan fingerprint density at radius 2 is 1.70 bits per heavy atom. The summed E-state index contributed by atoms with van der Waals surface area (Å²) in [5.41, 5.74) is 2.04. The third kappa shape index (κ3) is 4.72. The summed E-state index contributed by atoms with van der Waals surface area (Å²) < 4.78 is 7.56. The lowest BCUT2D eigenvalue weighted by Crippen LogP contribution is -2.54. The van der Waals surface area contributed by atoms with Crippen LogP contribution >= 0.6 is 23.6 Å². The van der Waals surface area contributed by atoms with Gasteiger partial charge in [-0.25, -0.2) is 4.79 Å². The Balaban J connectivity index is 1.32. The van der Waals surface area contributed by atoms with E-state index in [0.29, 0.717) is 27.9 Å². The number of nitrogens with one attached hydrogen (secondary N) is 1. The molecule has 0 saturated carbocycles. The molecule has 1 aliphatic heterocycles. The van der Waals surface area contributed by atoms with E-state index in [0.717, 1.165) is 36.1 Å². The van der Waals surface area contributed by atoms with E-state index in [1.165, 1.54) is 22.3 Å². The zero-order chi connectivity index (χ0) is 27.8. The first-order chi connectivity index (χ1) is 19.4. The number of para-hydroxylation sites is 1. The number of aryl methyl sites for hydroxylation is 1. The first kappa shape index (κ1) is 25.7. The predicted octanol–water partition coefficient (Wildman–Crippen LogP) is 5.74. The van der Waals surface area contributed by atoms with E-state index in [2.05, 4.69) is 5.32 Å². The highest BCUT2D eigenvalue weighted by molar-refractivity contribution is 7.80. The maximum Gasteiger partial charge on any atom is 0.339 e. The van der Waals surface area contributed by atoms with Crippen molar-refractivity contribution in [1.82, 2.24) is 9.88 Å². The zero-order valence-corrected chi connectivity index (χ0v) is 22.8. The molecule has 1 fully saturated rings. The van der Waals surface area contributed by atoms with Gasteiger partial charge in [-0.05, 0) is 98.1 Å². The number of aromatic carboxylic acids is 1. The Bertz CT molecular complexity index is 1690. The third-order valence-corrected chi connectivity index (χ3v) is 8.41. The molecule has 2 aromatic carbocycles. The summed E-state index contributed by atoms with van der Waals surface area (Å²) in [7, 11) is 0. The van der Waals surface area contributed by atoms with Gasteiger partial charge in [0.1, 0.15) is 22.1 Å². The van der Waals surface area contributed by atoms with Crippen LogP contribution in [0.15, 0.2) is 78.5 Å². The van der Waals surface area contributed by atoms with E-state index in [1.807, 2.05) is 30.3 Å². The number of anilines is 1. The average molecular weight is 570 g/mol. The van der Waals surface area contributed by atoms with Gasteiger partial charge >= 0.3 is 5.97 Å². The van der Waals surface area contributed by atoms with Gasteiger partial charge in [-0.3, -0.25) is 19.8 Å². The fraction of sp³-hybridized carbons (Fsp3) is 0.133. The Hall–Kier alpha value is -4.54. The van der Waals surface area contributed by atoms with E-state index in [1.54, 1.807) is 47.2 Å². The Kier molecular flexibility index (Phi) is 6.79. The smallest absolute Gasteiger partial charge is 0.339 e. The minimum Gasteiger partial charge on any atom is -0.478 e. The molecule has 0 unspecified atom stereocenters. The van der Waals surface area contributed by atoms with Gasteiger partial charge in [-0.1, -0.05) is 18.2 Å². The van der Waals surface area contributed by atoms with E-state index >= 15 is 0 Å². The number of carbonyl (C=O) groups is 3. The number of benzene rings is 2. The number of carboxylic acids is 1. The SMILES string of the molecule is O=C1NC(=S)N(c2ccc(Oc3ccccc3)cc2)C(=O)/C1=C\c1cccn1-c1sc2c(c1C(=O)O)CCCC2. The lowest BCUT2D eigenvalue weighted by molar-refractivity contribution is -0.122. The molecule has 10 heteroatoms. The highest BCUT2D eigenvalue weighted by Gasteiger charge is 2.35. The van der Waals surface area contributed by atoms with Crippen molar-refractivity contribution in [3.05, 3.63) is 100 Å². The van der Waals surface area contributed by atoms with Crippen LogP contribution < -0.4 is 15.0 Å². The molecule has 2 aromatic heterocycles. The number of thiophene rings is 1. The molecular formula is C30H23N3O5S2. The summed E-state index contributed by atoms with van der Waals surface area (Å²) in [4.78, 5) is 41.1. The first-order valence-corrected chi connectivity index (χ1v) is 13.9. The van der Waals surface area contributed by atoms with Crippen LogP contribution in [0.3, 0.4) is 0 Å². The Labute approximate surface area is 239 Å². The van der Waals surface area contributed by atoms with E-state index in [9.17, 15) is 19.5 Å². The molecule has 6 rings (SSSR count). The van der Waals surface area contributed by atoms with Crippen molar-refractivity contribution in [3.8, 4) is 16.5 Å². The van der Waals surface area contributed by atoms with Crippen LogP contribution in [-0.2, 0) is 22.4 Å². The van der Waals surface area contributed by atoms with Gasteiger partial charge in [-0.15, -0.1) is 11.3 Å². The molecule has 0 spiro atoms. The number of nitrogens with zero attached hydrogens (tertiary/aromatic N) is 2. The largest absolute Gasteiger partial charge is 0.478 e. The first-order valence-electron chi connectivity index (χ1n) is 12.7. The Morgan fingerprint density at radius 3 is 2.45 bits per heavy atom. The monoisotopic (exact) mass is 569 g/mol. The number of amides is 2. The normalized spacial score (nSPS) is 16.1. The van der Waals surface area contributed by atoms with Crippen molar-refractivity contribution in [2.24, 2.45) is 0 Å². The van der Waals surface area contributed by atoms with E-state index < -0.39 is 17.8 Å². The van der Waals surface area contributed by atoms with Crippen molar-refractivity contribution in [1.29, 1.82) is 0 Å². The summed E-state index contributed by atoms with van der Waals surface area (Å²) in [5.74, 6) is -0.924. The van der Waals surface area contributed by atoms with Gasteiger partial charge in [0.25, 0.3) is 11.8 Å². The summed E-state index contributed by atoms with van der Waals surface area (Å²) >= 11 is 6.80. The van der Waals surface area contributed by atoms with Crippen LogP contribution in [0.5, 0.6) is 11.5 Å². The molecule has 0 bridgehead atoms. The lowest BCUT2D eigenvalue weighted by atomic mass is 9.95. The number of aromatic nitrogens is 1. The van der Waals surface area contributed by atoms with Gasteiger partial charge in [0.2, 0.25) is 0 Å². The summed E-state index contributed by atoms with van der Waals surface area (Å²) in [6, 6.07) is 19.6. The molecule has 3 heterocycles. The molecule has 1 aliphatic carbocycles. The van der Waals surface area contributed by atoms with Crippen molar-refractivity contribution in [2.45, 2.75) is 25.7 Å². The Morgan fingerprint density at radius 1 is 0.975 bits per heavy atom. The summed E-state index contributed by atoms with van der Waals surface area (Å²) in [6.07, 6.45) is 6.78. The lowest BCUT2D eigenvalue weighted by Gasteiger charge is -2.29. The fourth-order valence-electron chi connectivity index (χ4n) is 4.97. The molecule has 2 aliphatic rings. The van der Waals surface area contributed by atoms with Crippen molar-refractivity contribution >= 4 is 58.2 Å². The molecule has 1 saturated heterocycles.